The Morgan fingerprint density at radius 1 is 1.47 bits per heavy atom. The Labute approximate surface area is 97.7 Å². The van der Waals surface area contributed by atoms with Crippen LogP contribution in [0.5, 0.6) is 0 Å². The van der Waals surface area contributed by atoms with E-state index in [-0.39, 0.29) is 6.54 Å². The normalized spacial score (nSPS) is 40.7. The molecule has 2 heterocycles. The maximum absolute atomic E-state index is 9.94. The summed E-state index contributed by atoms with van der Waals surface area (Å²) in [6.45, 7) is 3.26. The lowest BCUT2D eigenvalue weighted by molar-refractivity contribution is -0.224. The highest BCUT2D eigenvalue weighted by Gasteiger charge is 2.55. The molecule has 2 fully saturated rings. The van der Waals surface area contributed by atoms with Crippen LogP contribution in [-0.2, 0) is 14.2 Å². The zero-order valence-corrected chi connectivity index (χ0v) is 9.55. The lowest BCUT2D eigenvalue weighted by Gasteiger charge is -2.25. The van der Waals surface area contributed by atoms with Crippen LogP contribution in [-0.4, -0.2) is 53.3 Å². The number of hydrogen-bond donors (Lipinski definition) is 2. The van der Waals surface area contributed by atoms with Crippen molar-refractivity contribution in [2.75, 3.05) is 6.54 Å². The van der Waals surface area contributed by atoms with E-state index in [1.54, 1.807) is 13.8 Å². The number of hydrogen-bond acceptors (Lipinski definition) is 6. The molecule has 2 saturated heterocycles. The van der Waals surface area contributed by atoms with Crippen LogP contribution >= 0.6 is 0 Å². The van der Waals surface area contributed by atoms with E-state index in [1.165, 1.54) is 0 Å². The Morgan fingerprint density at radius 3 is 2.76 bits per heavy atom. The van der Waals surface area contributed by atoms with Gasteiger partial charge in [-0.05, 0) is 19.4 Å². The van der Waals surface area contributed by atoms with Gasteiger partial charge >= 0.3 is 0 Å². The molecule has 0 radical (unpaired) electrons. The fourth-order valence-electron chi connectivity index (χ4n) is 2.06. The largest absolute Gasteiger partial charge is 0.390 e. The van der Waals surface area contributed by atoms with E-state index in [0.29, 0.717) is 0 Å². The topological polar surface area (TPSA) is 117 Å². The van der Waals surface area contributed by atoms with Gasteiger partial charge in [0.2, 0.25) is 0 Å². The van der Waals surface area contributed by atoms with Crippen LogP contribution in [0, 0.1) is 0 Å². The quantitative estimate of drug-likeness (QED) is 0.409. The summed E-state index contributed by atoms with van der Waals surface area (Å²) in [5.41, 5.74) is 8.15. The second kappa shape index (κ2) is 4.41. The van der Waals surface area contributed by atoms with Gasteiger partial charge in [0.25, 0.3) is 0 Å². The van der Waals surface area contributed by atoms with Crippen molar-refractivity contribution in [3.63, 3.8) is 0 Å². The number of fused-ring (bicyclic) bond motifs is 1. The minimum absolute atomic E-state index is 0.166. The van der Waals surface area contributed by atoms with E-state index >= 15 is 0 Å². The smallest absolute Gasteiger partial charge is 0.190 e. The third-order valence-corrected chi connectivity index (χ3v) is 2.76. The van der Waals surface area contributed by atoms with Gasteiger partial charge in [-0.1, -0.05) is 5.11 Å². The Kier molecular flexibility index (Phi) is 3.26. The highest BCUT2D eigenvalue weighted by molar-refractivity contribution is 4.96. The van der Waals surface area contributed by atoms with Gasteiger partial charge in [-0.25, -0.2) is 0 Å². The van der Waals surface area contributed by atoms with Crippen molar-refractivity contribution in [3.05, 3.63) is 10.4 Å². The van der Waals surface area contributed by atoms with Crippen LogP contribution in [0.15, 0.2) is 5.11 Å². The minimum atomic E-state index is -1.08. The summed E-state index contributed by atoms with van der Waals surface area (Å²) in [5.74, 6) is -0.808. The fourth-order valence-corrected chi connectivity index (χ4v) is 2.06. The molecule has 2 aliphatic heterocycles. The summed E-state index contributed by atoms with van der Waals surface area (Å²) in [6, 6.07) is 0. The molecule has 1 unspecified atom stereocenters. The summed E-state index contributed by atoms with van der Waals surface area (Å²) in [4.78, 5) is 2.53. The van der Waals surface area contributed by atoms with Gasteiger partial charge < -0.3 is 24.4 Å². The average molecular weight is 245 g/mol. The molecule has 0 aromatic heterocycles. The number of rotatable bonds is 3. The molecule has 2 N–H and O–H groups in total. The second-order valence-electron chi connectivity index (χ2n) is 4.54. The summed E-state index contributed by atoms with van der Waals surface area (Å²) >= 11 is 0. The first-order chi connectivity index (χ1) is 7.94. The van der Waals surface area contributed by atoms with Crippen molar-refractivity contribution in [2.24, 2.45) is 5.11 Å². The van der Waals surface area contributed by atoms with Crippen LogP contribution in [0.1, 0.15) is 13.8 Å². The predicted octanol–water partition coefficient (Wildman–Crippen LogP) is -0.105. The van der Waals surface area contributed by atoms with Crippen LogP contribution in [0.25, 0.3) is 10.4 Å². The first-order valence-corrected chi connectivity index (χ1v) is 5.33. The van der Waals surface area contributed by atoms with Crippen molar-refractivity contribution in [1.82, 2.24) is 0 Å². The lowest BCUT2D eigenvalue weighted by Crippen LogP contribution is -2.42. The summed E-state index contributed by atoms with van der Waals surface area (Å²) in [7, 11) is 0. The number of nitrogens with zero attached hydrogens (tertiary/aromatic N) is 3. The number of azide groups is 1. The maximum Gasteiger partial charge on any atom is 0.190 e. The van der Waals surface area contributed by atoms with E-state index in [9.17, 15) is 10.2 Å². The molecule has 2 aliphatic rings. The number of aliphatic hydroxyl groups is 2. The summed E-state index contributed by atoms with van der Waals surface area (Å²) in [5, 5.41) is 22.8. The van der Waals surface area contributed by atoms with Gasteiger partial charge in [-0.2, -0.15) is 0 Å². The Balaban J connectivity index is 2.00. The van der Waals surface area contributed by atoms with E-state index < -0.39 is 36.5 Å². The van der Waals surface area contributed by atoms with Crippen molar-refractivity contribution >= 4 is 0 Å². The molecule has 17 heavy (non-hydrogen) atoms. The fraction of sp³-hybridized carbons (Fsp3) is 1.00. The van der Waals surface area contributed by atoms with E-state index in [2.05, 4.69) is 10.0 Å². The second-order valence-corrected chi connectivity index (χ2v) is 4.54. The van der Waals surface area contributed by atoms with E-state index in [0.717, 1.165) is 0 Å². The van der Waals surface area contributed by atoms with Gasteiger partial charge in [-0.3, -0.25) is 0 Å². The molecule has 8 heteroatoms. The standard InChI is InChI=1S/C9H15N3O5/c1-9(2)16-7-5(14)6(15-8(7)17-9)4(13)3-11-12-10/h4-8,13-14H,3H2,1-2H3/t4?,5-,6-,7+,8-/m1/s1. The van der Waals surface area contributed by atoms with Gasteiger partial charge in [-0.15, -0.1) is 0 Å². The third-order valence-electron chi connectivity index (χ3n) is 2.76. The van der Waals surface area contributed by atoms with Gasteiger partial charge in [0, 0.05) is 4.91 Å². The Hall–Kier alpha value is -0.890. The van der Waals surface area contributed by atoms with Crippen molar-refractivity contribution in [1.29, 1.82) is 0 Å². The third kappa shape index (κ3) is 2.37. The van der Waals surface area contributed by atoms with E-state index in [4.69, 9.17) is 19.7 Å². The van der Waals surface area contributed by atoms with E-state index in [1.807, 2.05) is 0 Å². The van der Waals surface area contributed by atoms with Crippen LogP contribution < -0.4 is 0 Å². The first kappa shape index (κ1) is 12.6. The van der Waals surface area contributed by atoms with Crippen LogP contribution in [0.2, 0.25) is 0 Å². The number of ether oxygens (including phenoxy) is 3. The number of aliphatic hydroxyl groups excluding tert-OH is 2. The molecular formula is C9H15N3O5. The molecule has 0 bridgehead atoms. The first-order valence-electron chi connectivity index (χ1n) is 5.33. The zero-order valence-electron chi connectivity index (χ0n) is 9.55. The molecule has 0 aromatic carbocycles. The SMILES string of the molecule is CC1(C)O[C@H]2O[C@H](C(O)CN=[N+]=[N-])[C@@H](O)[C@@H]2O1. The van der Waals surface area contributed by atoms with Gasteiger partial charge in [0.1, 0.15) is 18.3 Å². The lowest BCUT2D eigenvalue weighted by atomic mass is 10.1. The Bertz CT molecular complexity index is 344. The Morgan fingerprint density at radius 2 is 2.18 bits per heavy atom. The van der Waals surface area contributed by atoms with Crippen molar-refractivity contribution in [3.8, 4) is 0 Å². The van der Waals surface area contributed by atoms with Crippen LogP contribution in [0.4, 0.5) is 0 Å². The molecule has 0 spiro atoms. The minimum Gasteiger partial charge on any atom is -0.390 e. The molecular weight excluding hydrogens is 230 g/mol. The summed E-state index contributed by atoms with van der Waals surface area (Å²) < 4.78 is 16.2. The predicted molar refractivity (Wildman–Crippen MR) is 54.7 cm³/mol. The molecule has 96 valence electrons. The maximum atomic E-state index is 9.94. The van der Waals surface area contributed by atoms with Gasteiger partial charge in [0.15, 0.2) is 12.1 Å². The zero-order chi connectivity index (χ0) is 12.6. The molecule has 0 aliphatic carbocycles. The molecule has 8 nitrogen and oxygen atoms in total. The van der Waals surface area contributed by atoms with Gasteiger partial charge in [0.05, 0.1) is 12.6 Å². The highest BCUT2D eigenvalue weighted by Crippen LogP contribution is 2.38. The monoisotopic (exact) mass is 245 g/mol. The summed E-state index contributed by atoms with van der Waals surface area (Å²) in [6.07, 6.45) is -4.29. The molecule has 0 amide bonds. The molecule has 2 rings (SSSR count). The molecule has 0 aromatic rings. The molecule has 0 saturated carbocycles. The van der Waals surface area contributed by atoms with Crippen molar-refractivity contribution < 1.29 is 24.4 Å². The average Bonchev–Trinajstić information content (AvgIpc) is 2.70. The molecule has 5 atom stereocenters. The highest BCUT2D eigenvalue weighted by atomic mass is 16.8. The van der Waals surface area contributed by atoms with Crippen LogP contribution in [0.3, 0.4) is 0 Å². The van der Waals surface area contributed by atoms with Crippen molar-refractivity contribution in [2.45, 2.75) is 50.3 Å².